The third-order valence-corrected chi connectivity index (χ3v) is 2.03. The summed E-state index contributed by atoms with van der Waals surface area (Å²) in [7, 11) is 1.91. The maximum atomic E-state index is 7.27. The van der Waals surface area contributed by atoms with Gasteiger partial charge in [-0.2, -0.15) is 5.10 Å². The number of aromatic nitrogens is 2. The molecule has 0 aliphatic carbocycles. The van der Waals surface area contributed by atoms with Crippen LogP contribution in [0.2, 0.25) is 0 Å². The highest BCUT2D eigenvalue weighted by atomic mass is 15.2. The minimum Gasteiger partial charge on any atom is -0.387 e. The Bertz CT molecular complexity index is 297. The summed E-state index contributed by atoms with van der Waals surface area (Å²) >= 11 is 0. The van der Waals surface area contributed by atoms with E-state index in [2.05, 4.69) is 10.2 Å². The summed E-state index contributed by atoms with van der Waals surface area (Å²) in [4.78, 5) is 1.93. The second kappa shape index (κ2) is 4.55. The number of amidine groups is 1. The van der Waals surface area contributed by atoms with E-state index in [1.807, 2.05) is 31.0 Å². The van der Waals surface area contributed by atoms with Crippen LogP contribution in [-0.2, 0) is 0 Å². The standard InChI is InChI=1S/C9H15N5/c1-7(9(10)11)6-14(2)8-4-3-5-12-13-8/h3-5,7H,6H2,1-2H3,(H3,10,11). The first kappa shape index (κ1) is 10.4. The SMILES string of the molecule is CC(CN(C)c1cccnn1)C(=N)N. The summed E-state index contributed by atoms with van der Waals surface area (Å²) in [6, 6.07) is 3.71. The van der Waals surface area contributed by atoms with Crippen molar-refractivity contribution < 1.29 is 0 Å². The van der Waals surface area contributed by atoms with E-state index in [-0.39, 0.29) is 11.8 Å². The Hall–Kier alpha value is -1.65. The second-order valence-corrected chi connectivity index (χ2v) is 3.32. The number of nitrogens with one attached hydrogen (secondary N) is 1. The van der Waals surface area contributed by atoms with Gasteiger partial charge >= 0.3 is 0 Å². The molecule has 0 aromatic carbocycles. The van der Waals surface area contributed by atoms with Crippen LogP contribution in [0.15, 0.2) is 18.3 Å². The van der Waals surface area contributed by atoms with Gasteiger partial charge in [-0.3, -0.25) is 5.41 Å². The predicted molar refractivity (Wildman–Crippen MR) is 56.4 cm³/mol. The molecule has 0 fully saturated rings. The molecule has 0 spiro atoms. The van der Waals surface area contributed by atoms with Crippen molar-refractivity contribution >= 4 is 11.7 Å². The van der Waals surface area contributed by atoms with Crippen molar-refractivity contribution in [2.24, 2.45) is 11.7 Å². The van der Waals surface area contributed by atoms with Crippen molar-refractivity contribution in [3.63, 3.8) is 0 Å². The zero-order chi connectivity index (χ0) is 10.6. The van der Waals surface area contributed by atoms with Crippen LogP contribution in [0.4, 0.5) is 5.82 Å². The van der Waals surface area contributed by atoms with Crippen molar-refractivity contribution in [2.75, 3.05) is 18.5 Å². The van der Waals surface area contributed by atoms with Crippen LogP contribution in [0.1, 0.15) is 6.92 Å². The zero-order valence-electron chi connectivity index (χ0n) is 8.44. The Morgan fingerprint density at radius 1 is 1.71 bits per heavy atom. The third-order valence-electron chi connectivity index (χ3n) is 2.03. The van der Waals surface area contributed by atoms with Crippen LogP contribution in [0.5, 0.6) is 0 Å². The molecule has 0 saturated carbocycles. The normalized spacial score (nSPS) is 12.1. The fourth-order valence-corrected chi connectivity index (χ4v) is 1.10. The molecule has 0 amide bonds. The molecule has 1 aromatic heterocycles. The van der Waals surface area contributed by atoms with Gasteiger partial charge in [0.05, 0.1) is 5.84 Å². The van der Waals surface area contributed by atoms with E-state index in [0.717, 1.165) is 5.82 Å². The van der Waals surface area contributed by atoms with Crippen molar-refractivity contribution in [1.82, 2.24) is 10.2 Å². The summed E-state index contributed by atoms with van der Waals surface area (Å²) in [5, 5.41) is 15.0. The van der Waals surface area contributed by atoms with Gasteiger partial charge in [0.2, 0.25) is 0 Å². The maximum absolute atomic E-state index is 7.27. The maximum Gasteiger partial charge on any atom is 0.150 e. The van der Waals surface area contributed by atoms with Crippen molar-refractivity contribution in [3.05, 3.63) is 18.3 Å². The minimum absolute atomic E-state index is 0.0296. The summed E-state index contributed by atoms with van der Waals surface area (Å²) in [6.45, 7) is 2.59. The molecular formula is C9H15N5. The molecule has 0 aliphatic heterocycles. The molecule has 0 radical (unpaired) electrons. The molecule has 1 unspecified atom stereocenters. The molecule has 5 nitrogen and oxygen atoms in total. The van der Waals surface area contributed by atoms with E-state index >= 15 is 0 Å². The number of rotatable bonds is 4. The number of nitrogens with two attached hydrogens (primary N) is 1. The Balaban J connectivity index is 2.59. The molecule has 76 valence electrons. The van der Waals surface area contributed by atoms with E-state index in [0.29, 0.717) is 6.54 Å². The molecule has 0 aliphatic rings. The predicted octanol–water partition coefficient (Wildman–Crippen LogP) is 0.485. The van der Waals surface area contributed by atoms with Crippen LogP contribution in [0.25, 0.3) is 0 Å². The fourth-order valence-electron chi connectivity index (χ4n) is 1.10. The minimum atomic E-state index is 0.0296. The summed E-state index contributed by atoms with van der Waals surface area (Å²) in [5.41, 5.74) is 5.38. The number of hydrogen-bond donors (Lipinski definition) is 2. The van der Waals surface area contributed by atoms with Crippen LogP contribution in [0.3, 0.4) is 0 Å². The summed E-state index contributed by atoms with van der Waals surface area (Å²) in [6.07, 6.45) is 1.63. The van der Waals surface area contributed by atoms with Gasteiger partial charge in [0.25, 0.3) is 0 Å². The molecule has 1 atom stereocenters. The van der Waals surface area contributed by atoms with Gasteiger partial charge < -0.3 is 10.6 Å². The summed E-state index contributed by atoms with van der Waals surface area (Å²) < 4.78 is 0. The van der Waals surface area contributed by atoms with Crippen LogP contribution in [-0.4, -0.2) is 29.6 Å². The summed E-state index contributed by atoms with van der Waals surface area (Å²) in [5.74, 6) is 1.02. The Kier molecular flexibility index (Phi) is 3.39. The van der Waals surface area contributed by atoms with Gasteiger partial charge in [0.15, 0.2) is 5.82 Å². The smallest absolute Gasteiger partial charge is 0.150 e. The van der Waals surface area contributed by atoms with Crippen LogP contribution < -0.4 is 10.6 Å². The lowest BCUT2D eigenvalue weighted by Gasteiger charge is -2.20. The van der Waals surface area contributed by atoms with E-state index in [1.165, 1.54) is 0 Å². The molecular weight excluding hydrogens is 178 g/mol. The largest absolute Gasteiger partial charge is 0.387 e. The average Bonchev–Trinajstić information content (AvgIpc) is 2.19. The molecule has 3 N–H and O–H groups in total. The monoisotopic (exact) mass is 193 g/mol. The highest BCUT2D eigenvalue weighted by Crippen LogP contribution is 2.07. The molecule has 14 heavy (non-hydrogen) atoms. The number of nitrogens with zero attached hydrogens (tertiary/aromatic N) is 3. The topological polar surface area (TPSA) is 78.9 Å². The fraction of sp³-hybridized carbons (Fsp3) is 0.444. The Morgan fingerprint density at radius 2 is 2.43 bits per heavy atom. The zero-order valence-corrected chi connectivity index (χ0v) is 8.44. The quantitative estimate of drug-likeness (QED) is 0.538. The second-order valence-electron chi connectivity index (χ2n) is 3.32. The molecule has 5 heteroatoms. The molecule has 0 saturated heterocycles. The van der Waals surface area contributed by atoms with Crippen LogP contribution >= 0.6 is 0 Å². The number of anilines is 1. The van der Waals surface area contributed by atoms with Gasteiger partial charge in [-0.25, -0.2) is 0 Å². The van der Waals surface area contributed by atoms with Crippen molar-refractivity contribution in [1.29, 1.82) is 5.41 Å². The van der Waals surface area contributed by atoms with Gasteiger partial charge in [0, 0.05) is 25.7 Å². The Morgan fingerprint density at radius 3 is 2.93 bits per heavy atom. The van der Waals surface area contributed by atoms with Gasteiger partial charge in [0.1, 0.15) is 0 Å². The van der Waals surface area contributed by atoms with E-state index < -0.39 is 0 Å². The molecule has 1 heterocycles. The van der Waals surface area contributed by atoms with E-state index in [9.17, 15) is 0 Å². The molecule has 0 bridgehead atoms. The Labute approximate surface area is 83.4 Å². The lowest BCUT2D eigenvalue weighted by atomic mass is 10.1. The first-order valence-electron chi connectivity index (χ1n) is 4.44. The van der Waals surface area contributed by atoms with Gasteiger partial charge in [-0.05, 0) is 12.1 Å². The van der Waals surface area contributed by atoms with Crippen molar-refractivity contribution in [3.8, 4) is 0 Å². The molecule has 1 rings (SSSR count). The van der Waals surface area contributed by atoms with Gasteiger partial charge in [-0.1, -0.05) is 6.92 Å². The highest BCUT2D eigenvalue weighted by molar-refractivity contribution is 5.79. The third kappa shape index (κ3) is 2.69. The lowest BCUT2D eigenvalue weighted by Crippen LogP contribution is -2.32. The first-order valence-corrected chi connectivity index (χ1v) is 4.44. The first-order chi connectivity index (χ1) is 6.61. The van der Waals surface area contributed by atoms with Crippen LogP contribution in [0, 0.1) is 11.3 Å². The van der Waals surface area contributed by atoms with Crippen molar-refractivity contribution in [2.45, 2.75) is 6.92 Å². The number of hydrogen-bond acceptors (Lipinski definition) is 4. The highest BCUT2D eigenvalue weighted by Gasteiger charge is 2.10. The van der Waals surface area contributed by atoms with Gasteiger partial charge in [-0.15, -0.1) is 5.10 Å². The average molecular weight is 193 g/mol. The van der Waals surface area contributed by atoms with E-state index in [4.69, 9.17) is 11.1 Å². The van der Waals surface area contributed by atoms with E-state index in [1.54, 1.807) is 6.20 Å². The lowest BCUT2D eigenvalue weighted by molar-refractivity contribution is 0.717. The molecule has 1 aromatic rings.